The summed E-state index contributed by atoms with van der Waals surface area (Å²) in [5.74, 6) is -2.42. The maximum atomic E-state index is 13.3. The first-order valence-electron chi connectivity index (χ1n) is 4.86. The Morgan fingerprint density at radius 1 is 1.39 bits per heavy atom. The van der Waals surface area contributed by atoms with Gasteiger partial charge in [-0.1, -0.05) is 5.16 Å². The number of benzene rings is 1. The van der Waals surface area contributed by atoms with Crippen molar-refractivity contribution in [2.45, 2.75) is 6.54 Å². The average molecular weight is 254 g/mol. The molecule has 8 heteroatoms. The highest BCUT2D eigenvalue weighted by Crippen LogP contribution is 2.16. The van der Waals surface area contributed by atoms with Crippen molar-refractivity contribution >= 4 is 11.6 Å². The van der Waals surface area contributed by atoms with Gasteiger partial charge in [0.2, 0.25) is 6.39 Å². The van der Waals surface area contributed by atoms with Gasteiger partial charge in [-0.3, -0.25) is 4.79 Å². The van der Waals surface area contributed by atoms with Crippen molar-refractivity contribution in [3.05, 3.63) is 41.5 Å². The Hall–Kier alpha value is -2.51. The van der Waals surface area contributed by atoms with E-state index < -0.39 is 17.5 Å². The van der Waals surface area contributed by atoms with Crippen LogP contribution >= 0.6 is 0 Å². The summed E-state index contributed by atoms with van der Waals surface area (Å²) in [7, 11) is 0. The van der Waals surface area contributed by atoms with Gasteiger partial charge in [-0.05, 0) is 6.07 Å². The van der Waals surface area contributed by atoms with Crippen LogP contribution in [-0.2, 0) is 6.54 Å². The fourth-order valence-electron chi connectivity index (χ4n) is 1.26. The predicted octanol–water partition coefficient (Wildman–Crippen LogP) is 0.860. The van der Waals surface area contributed by atoms with Crippen LogP contribution < -0.4 is 11.1 Å². The van der Waals surface area contributed by atoms with Gasteiger partial charge in [0.1, 0.15) is 11.6 Å². The number of aromatic nitrogens is 2. The number of hydrogen-bond acceptors (Lipinski definition) is 5. The van der Waals surface area contributed by atoms with Crippen LogP contribution in [0.1, 0.15) is 16.2 Å². The molecule has 18 heavy (non-hydrogen) atoms. The molecular formula is C10H8F2N4O2. The molecule has 1 amide bonds. The molecule has 0 atom stereocenters. The number of nitrogens with two attached hydrogens (primary N) is 1. The second-order valence-corrected chi connectivity index (χ2v) is 3.38. The molecule has 0 aliphatic rings. The van der Waals surface area contributed by atoms with Gasteiger partial charge in [-0.2, -0.15) is 4.98 Å². The van der Waals surface area contributed by atoms with Crippen LogP contribution in [0.5, 0.6) is 0 Å². The minimum absolute atomic E-state index is 0.0357. The molecule has 0 radical (unpaired) electrons. The fraction of sp³-hybridized carbons (Fsp3) is 0.100. The molecule has 2 aromatic rings. The summed E-state index contributed by atoms with van der Waals surface area (Å²) in [5, 5.41) is 5.80. The van der Waals surface area contributed by atoms with E-state index in [4.69, 9.17) is 5.73 Å². The Labute approximate surface area is 99.8 Å². The molecule has 1 aromatic carbocycles. The van der Waals surface area contributed by atoms with E-state index in [0.29, 0.717) is 6.07 Å². The van der Waals surface area contributed by atoms with E-state index in [1.165, 1.54) is 0 Å². The molecule has 0 unspecified atom stereocenters. The number of carbonyl (C=O) groups is 1. The summed E-state index contributed by atoms with van der Waals surface area (Å²) >= 11 is 0. The quantitative estimate of drug-likeness (QED) is 0.792. The number of anilines is 1. The maximum Gasteiger partial charge on any atom is 0.254 e. The first-order valence-corrected chi connectivity index (χ1v) is 4.86. The lowest BCUT2D eigenvalue weighted by Crippen LogP contribution is -2.24. The third-order valence-corrected chi connectivity index (χ3v) is 2.14. The van der Waals surface area contributed by atoms with E-state index in [1.54, 1.807) is 0 Å². The van der Waals surface area contributed by atoms with Crippen LogP contribution in [-0.4, -0.2) is 16.0 Å². The van der Waals surface area contributed by atoms with Gasteiger partial charge in [0.15, 0.2) is 5.82 Å². The van der Waals surface area contributed by atoms with Crippen LogP contribution in [0, 0.1) is 11.6 Å². The third kappa shape index (κ3) is 2.42. The number of nitrogens with one attached hydrogen (secondary N) is 1. The molecule has 0 bridgehead atoms. The van der Waals surface area contributed by atoms with Gasteiger partial charge in [-0.25, -0.2) is 8.78 Å². The third-order valence-electron chi connectivity index (χ3n) is 2.14. The van der Waals surface area contributed by atoms with E-state index in [9.17, 15) is 13.6 Å². The normalized spacial score (nSPS) is 10.3. The van der Waals surface area contributed by atoms with Crippen molar-refractivity contribution in [3.63, 3.8) is 0 Å². The smallest absolute Gasteiger partial charge is 0.254 e. The number of hydrogen-bond donors (Lipinski definition) is 2. The number of rotatable bonds is 3. The molecule has 1 heterocycles. The van der Waals surface area contributed by atoms with E-state index in [-0.39, 0.29) is 23.6 Å². The molecule has 0 spiro atoms. The molecule has 6 nitrogen and oxygen atoms in total. The number of carbonyl (C=O) groups excluding carboxylic acids is 1. The van der Waals surface area contributed by atoms with Gasteiger partial charge < -0.3 is 15.6 Å². The lowest BCUT2D eigenvalue weighted by molar-refractivity contribution is 0.0945. The number of nitrogens with zero attached hydrogens (tertiary/aromatic N) is 2. The second-order valence-electron chi connectivity index (χ2n) is 3.38. The zero-order valence-corrected chi connectivity index (χ0v) is 8.98. The minimum atomic E-state index is -0.993. The van der Waals surface area contributed by atoms with Crippen molar-refractivity contribution in [2.24, 2.45) is 0 Å². The topological polar surface area (TPSA) is 94.0 Å². The van der Waals surface area contributed by atoms with E-state index in [0.717, 1.165) is 12.5 Å². The van der Waals surface area contributed by atoms with Gasteiger partial charge >= 0.3 is 0 Å². The largest absolute Gasteiger partial charge is 0.396 e. The van der Waals surface area contributed by atoms with Crippen LogP contribution in [0.3, 0.4) is 0 Å². The Balaban J connectivity index is 2.11. The monoisotopic (exact) mass is 254 g/mol. The average Bonchev–Trinajstić information content (AvgIpc) is 2.84. The van der Waals surface area contributed by atoms with Gasteiger partial charge in [-0.15, -0.1) is 0 Å². The molecule has 0 fully saturated rings. The molecule has 1 aromatic heterocycles. The Kier molecular flexibility index (Phi) is 3.18. The van der Waals surface area contributed by atoms with E-state index in [1.807, 2.05) is 0 Å². The first kappa shape index (κ1) is 12.0. The number of amides is 1. The van der Waals surface area contributed by atoms with Crippen molar-refractivity contribution < 1.29 is 18.1 Å². The zero-order chi connectivity index (χ0) is 13.1. The highest BCUT2D eigenvalue weighted by atomic mass is 19.1. The molecule has 3 N–H and O–H groups in total. The maximum absolute atomic E-state index is 13.3. The van der Waals surface area contributed by atoms with Gasteiger partial charge in [0.25, 0.3) is 5.91 Å². The molecular weight excluding hydrogens is 246 g/mol. The van der Waals surface area contributed by atoms with Crippen LogP contribution in [0.4, 0.5) is 14.5 Å². The summed E-state index contributed by atoms with van der Waals surface area (Å²) in [6.07, 6.45) is 1.10. The van der Waals surface area contributed by atoms with E-state index in [2.05, 4.69) is 20.0 Å². The van der Waals surface area contributed by atoms with Gasteiger partial charge in [0.05, 0.1) is 17.8 Å². The summed E-state index contributed by atoms with van der Waals surface area (Å²) in [6.45, 7) is -0.0357. The Morgan fingerprint density at radius 3 is 2.83 bits per heavy atom. The zero-order valence-electron chi connectivity index (χ0n) is 8.98. The highest BCUT2D eigenvalue weighted by molar-refractivity contribution is 5.95. The lowest BCUT2D eigenvalue weighted by Gasteiger charge is -2.05. The van der Waals surface area contributed by atoms with Crippen molar-refractivity contribution in [1.29, 1.82) is 0 Å². The number of halogens is 2. The van der Waals surface area contributed by atoms with E-state index >= 15 is 0 Å². The van der Waals surface area contributed by atoms with Crippen LogP contribution in [0.25, 0.3) is 0 Å². The first-order chi connectivity index (χ1) is 8.58. The highest BCUT2D eigenvalue weighted by Gasteiger charge is 2.15. The van der Waals surface area contributed by atoms with Crippen LogP contribution in [0.2, 0.25) is 0 Å². The standard InChI is InChI=1S/C10H8F2N4O2/c11-6-2-7(12)8(13)1-5(6)10(17)14-3-9-15-4-18-16-9/h1-2,4H,3,13H2,(H,14,17). The number of nitrogen functional groups attached to an aromatic ring is 1. The summed E-state index contributed by atoms with van der Waals surface area (Å²) < 4.78 is 30.7. The molecule has 0 aliphatic carbocycles. The second kappa shape index (κ2) is 4.78. The summed E-state index contributed by atoms with van der Waals surface area (Å²) in [5.41, 5.74) is 4.60. The van der Waals surface area contributed by atoms with Crippen LogP contribution in [0.15, 0.2) is 23.0 Å². The summed E-state index contributed by atoms with van der Waals surface area (Å²) in [6, 6.07) is 1.48. The summed E-state index contributed by atoms with van der Waals surface area (Å²) in [4.78, 5) is 15.3. The SMILES string of the molecule is Nc1cc(C(=O)NCc2ncon2)c(F)cc1F. The van der Waals surface area contributed by atoms with Gasteiger partial charge in [0, 0.05) is 6.07 Å². The lowest BCUT2D eigenvalue weighted by atomic mass is 10.1. The Morgan fingerprint density at radius 2 is 2.17 bits per heavy atom. The fourth-order valence-corrected chi connectivity index (χ4v) is 1.26. The minimum Gasteiger partial charge on any atom is -0.396 e. The van der Waals surface area contributed by atoms with Crippen molar-refractivity contribution in [2.75, 3.05) is 5.73 Å². The molecule has 0 saturated carbocycles. The predicted molar refractivity (Wildman–Crippen MR) is 56.2 cm³/mol. The Bertz CT molecular complexity index is 572. The molecule has 0 saturated heterocycles. The molecule has 2 rings (SSSR count). The van der Waals surface area contributed by atoms with Crippen molar-refractivity contribution in [3.8, 4) is 0 Å². The molecule has 94 valence electrons. The molecule has 0 aliphatic heterocycles. The van der Waals surface area contributed by atoms with Crippen molar-refractivity contribution in [1.82, 2.24) is 15.5 Å².